The molecule has 1 aliphatic carbocycles. The summed E-state index contributed by atoms with van der Waals surface area (Å²) in [5.74, 6) is 1.62. The fraction of sp³-hybridized carbons (Fsp3) is 0.643. The molecule has 1 fully saturated rings. The van der Waals surface area contributed by atoms with Crippen LogP contribution in [0.3, 0.4) is 0 Å². The van der Waals surface area contributed by atoms with Crippen LogP contribution in [0.4, 0.5) is 5.82 Å². The number of rotatable bonds is 3. The van der Waals surface area contributed by atoms with Gasteiger partial charge in [-0.1, -0.05) is 38.2 Å². The summed E-state index contributed by atoms with van der Waals surface area (Å²) < 4.78 is 5.14. The standard InChI is InChI=1S/C14H22N2O/c1-17-14-11-7-10-13(16-14)15-12-8-5-3-2-4-6-9-12/h7,10-12H,2-6,8-9H2,1H3,(H,15,16). The topological polar surface area (TPSA) is 34.1 Å². The van der Waals surface area contributed by atoms with Gasteiger partial charge in [-0.15, -0.1) is 0 Å². The lowest BCUT2D eigenvalue weighted by Gasteiger charge is -2.21. The van der Waals surface area contributed by atoms with E-state index in [1.54, 1.807) is 7.11 Å². The monoisotopic (exact) mass is 234 g/mol. The van der Waals surface area contributed by atoms with E-state index in [2.05, 4.69) is 10.3 Å². The van der Waals surface area contributed by atoms with Crippen LogP contribution in [-0.4, -0.2) is 18.1 Å². The molecule has 0 saturated heterocycles. The Morgan fingerprint density at radius 2 is 1.82 bits per heavy atom. The fourth-order valence-corrected chi connectivity index (χ4v) is 2.42. The molecule has 1 saturated carbocycles. The maximum Gasteiger partial charge on any atom is 0.214 e. The molecule has 0 bridgehead atoms. The first-order chi connectivity index (χ1) is 8.38. The number of aromatic nitrogens is 1. The number of hydrogen-bond donors (Lipinski definition) is 1. The van der Waals surface area contributed by atoms with Crippen molar-refractivity contribution in [2.45, 2.75) is 51.0 Å². The van der Waals surface area contributed by atoms with Gasteiger partial charge < -0.3 is 10.1 Å². The smallest absolute Gasteiger partial charge is 0.214 e. The third kappa shape index (κ3) is 3.91. The molecule has 0 spiro atoms. The molecular formula is C14H22N2O. The first-order valence-corrected chi connectivity index (χ1v) is 6.66. The molecule has 0 aromatic carbocycles. The van der Waals surface area contributed by atoms with Crippen molar-refractivity contribution in [3.8, 4) is 5.88 Å². The van der Waals surface area contributed by atoms with Gasteiger partial charge >= 0.3 is 0 Å². The molecule has 1 aliphatic rings. The number of methoxy groups -OCH3 is 1. The normalized spacial score (nSPS) is 18.2. The van der Waals surface area contributed by atoms with E-state index < -0.39 is 0 Å². The van der Waals surface area contributed by atoms with Crippen LogP contribution < -0.4 is 10.1 Å². The van der Waals surface area contributed by atoms with Gasteiger partial charge in [-0.25, -0.2) is 0 Å². The Balaban J connectivity index is 1.93. The van der Waals surface area contributed by atoms with E-state index in [0.29, 0.717) is 11.9 Å². The van der Waals surface area contributed by atoms with Gasteiger partial charge in [0, 0.05) is 12.1 Å². The van der Waals surface area contributed by atoms with Gasteiger partial charge in [-0.2, -0.15) is 4.98 Å². The van der Waals surface area contributed by atoms with Crippen molar-refractivity contribution in [2.75, 3.05) is 12.4 Å². The van der Waals surface area contributed by atoms with E-state index in [0.717, 1.165) is 5.82 Å². The van der Waals surface area contributed by atoms with Crippen LogP contribution in [0.5, 0.6) is 5.88 Å². The van der Waals surface area contributed by atoms with Gasteiger partial charge in [0.1, 0.15) is 5.82 Å². The highest BCUT2D eigenvalue weighted by Crippen LogP contribution is 2.20. The predicted molar refractivity (Wildman–Crippen MR) is 70.5 cm³/mol. The maximum atomic E-state index is 5.14. The lowest BCUT2D eigenvalue weighted by molar-refractivity contribution is 0.398. The Morgan fingerprint density at radius 3 is 2.53 bits per heavy atom. The van der Waals surface area contributed by atoms with E-state index in [9.17, 15) is 0 Å². The largest absolute Gasteiger partial charge is 0.481 e. The maximum absolute atomic E-state index is 5.14. The zero-order chi connectivity index (χ0) is 11.9. The number of anilines is 1. The van der Waals surface area contributed by atoms with Crippen LogP contribution in [0.2, 0.25) is 0 Å². The SMILES string of the molecule is COc1cccc(NC2CCCCCCC2)n1. The minimum atomic E-state index is 0.579. The molecule has 94 valence electrons. The fourth-order valence-electron chi connectivity index (χ4n) is 2.42. The van der Waals surface area contributed by atoms with Gasteiger partial charge in [0.25, 0.3) is 0 Å². The van der Waals surface area contributed by atoms with Gasteiger partial charge in [-0.05, 0) is 18.9 Å². The highest BCUT2D eigenvalue weighted by Gasteiger charge is 2.11. The van der Waals surface area contributed by atoms with Crippen molar-refractivity contribution in [3.63, 3.8) is 0 Å². The summed E-state index contributed by atoms with van der Waals surface area (Å²) in [5, 5.41) is 3.53. The molecule has 0 atom stereocenters. The van der Waals surface area contributed by atoms with Crippen molar-refractivity contribution < 1.29 is 4.74 Å². The van der Waals surface area contributed by atoms with Gasteiger partial charge in [0.2, 0.25) is 5.88 Å². The lowest BCUT2D eigenvalue weighted by Crippen LogP contribution is -2.21. The Hall–Kier alpha value is -1.25. The Labute approximate surface area is 104 Å². The average Bonchev–Trinajstić information content (AvgIpc) is 2.33. The van der Waals surface area contributed by atoms with Crippen LogP contribution in [0.15, 0.2) is 18.2 Å². The molecule has 1 aromatic rings. The van der Waals surface area contributed by atoms with Crippen molar-refractivity contribution in [1.82, 2.24) is 4.98 Å². The second-order valence-electron chi connectivity index (χ2n) is 4.75. The minimum absolute atomic E-state index is 0.579. The summed E-state index contributed by atoms with van der Waals surface area (Å²) in [6, 6.07) is 6.46. The molecule has 1 aromatic heterocycles. The first-order valence-electron chi connectivity index (χ1n) is 6.66. The highest BCUT2D eigenvalue weighted by molar-refractivity contribution is 5.38. The van der Waals surface area contributed by atoms with Crippen molar-refractivity contribution in [2.24, 2.45) is 0 Å². The molecule has 0 aliphatic heterocycles. The molecule has 0 amide bonds. The van der Waals surface area contributed by atoms with E-state index in [-0.39, 0.29) is 0 Å². The van der Waals surface area contributed by atoms with Crippen LogP contribution >= 0.6 is 0 Å². The Kier molecular flexibility index (Phi) is 4.65. The second-order valence-corrected chi connectivity index (χ2v) is 4.75. The summed E-state index contributed by atoms with van der Waals surface area (Å²) >= 11 is 0. The van der Waals surface area contributed by atoms with Crippen molar-refractivity contribution in [3.05, 3.63) is 18.2 Å². The molecule has 1 N–H and O–H groups in total. The summed E-state index contributed by atoms with van der Waals surface area (Å²) in [6.45, 7) is 0. The van der Waals surface area contributed by atoms with Gasteiger partial charge in [-0.3, -0.25) is 0 Å². The third-order valence-electron chi connectivity index (χ3n) is 3.39. The quantitative estimate of drug-likeness (QED) is 0.867. The summed E-state index contributed by atoms with van der Waals surface area (Å²) in [6.07, 6.45) is 9.36. The Morgan fingerprint density at radius 1 is 1.12 bits per heavy atom. The number of hydrogen-bond acceptors (Lipinski definition) is 3. The molecule has 0 radical (unpaired) electrons. The molecular weight excluding hydrogens is 212 g/mol. The number of nitrogens with zero attached hydrogens (tertiary/aromatic N) is 1. The summed E-state index contributed by atoms with van der Waals surface area (Å²) in [5.41, 5.74) is 0. The lowest BCUT2D eigenvalue weighted by atomic mass is 9.97. The average molecular weight is 234 g/mol. The van der Waals surface area contributed by atoms with Crippen molar-refractivity contribution >= 4 is 5.82 Å². The van der Waals surface area contributed by atoms with E-state index >= 15 is 0 Å². The van der Waals surface area contributed by atoms with E-state index in [4.69, 9.17) is 4.74 Å². The van der Waals surface area contributed by atoms with E-state index in [1.807, 2.05) is 18.2 Å². The second kappa shape index (κ2) is 6.48. The molecule has 3 nitrogen and oxygen atoms in total. The molecule has 0 unspecified atom stereocenters. The highest BCUT2D eigenvalue weighted by atomic mass is 16.5. The predicted octanol–water partition coefficient (Wildman–Crippen LogP) is 3.62. The molecule has 1 heterocycles. The van der Waals surface area contributed by atoms with Crippen molar-refractivity contribution in [1.29, 1.82) is 0 Å². The van der Waals surface area contributed by atoms with Gasteiger partial charge in [0.15, 0.2) is 0 Å². The first kappa shape index (κ1) is 12.2. The minimum Gasteiger partial charge on any atom is -0.481 e. The van der Waals surface area contributed by atoms with Crippen LogP contribution in [0.1, 0.15) is 44.9 Å². The molecule has 2 rings (SSSR count). The zero-order valence-corrected chi connectivity index (χ0v) is 10.6. The third-order valence-corrected chi connectivity index (χ3v) is 3.39. The van der Waals surface area contributed by atoms with Crippen LogP contribution in [-0.2, 0) is 0 Å². The zero-order valence-electron chi connectivity index (χ0n) is 10.6. The number of pyridine rings is 1. The van der Waals surface area contributed by atoms with Crippen LogP contribution in [0.25, 0.3) is 0 Å². The van der Waals surface area contributed by atoms with Gasteiger partial charge in [0.05, 0.1) is 7.11 Å². The Bertz CT molecular complexity index is 333. The number of nitrogens with one attached hydrogen (secondary N) is 1. The van der Waals surface area contributed by atoms with Crippen LogP contribution in [0, 0.1) is 0 Å². The number of ether oxygens (including phenoxy) is 1. The summed E-state index contributed by atoms with van der Waals surface area (Å²) in [4.78, 5) is 4.41. The molecule has 17 heavy (non-hydrogen) atoms. The van der Waals surface area contributed by atoms with E-state index in [1.165, 1.54) is 44.9 Å². The summed E-state index contributed by atoms with van der Waals surface area (Å²) in [7, 11) is 1.65. The molecule has 3 heteroatoms.